The fourth-order valence-corrected chi connectivity index (χ4v) is 1.14. The summed E-state index contributed by atoms with van der Waals surface area (Å²) >= 11 is 0. The molecule has 0 heterocycles. The molecule has 0 spiro atoms. The molecule has 0 fully saturated rings. The molecule has 0 aliphatic heterocycles. The number of amidine groups is 1. The third-order valence-electron chi connectivity index (χ3n) is 1.99. The summed E-state index contributed by atoms with van der Waals surface area (Å²) in [6.07, 6.45) is 1.51. The van der Waals surface area contributed by atoms with E-state index >= 15 is 0 Å². The van der Waals surface area contributed by atoms with E-state index in [2.05, 4.69) is 11.9 Å². The number of carbonyl (C=O) groups is 1. The molecular weight excluding hydrogens is 218 g/mol. The maximum absolute atomic E-state index is 11.2. The average Bonchev–Trinajstić information content (AvgIpc) is 2.34. The molecule has 90 valence electrons. The maximum atomic E-state index is 11.2. The number of benzene rings is 1. The van der Waals surface area contributed by atoms with Gasteiger partial charge in [-0.3, -0.25) is 10.2 Å². The SMILES string of the molecule is C=CCOC(=O)CNc1ccc(C(=N)N)cc1. The van der Waals surface area contributed by atoms with Gasteiger partial charge in [-0.1, -0.05) is 12.7 Å². The highest BCUT2D eigenvalue weighted by Crippen LogP contribution is 2.08. The number of ether oxygens (including phenoxy) is 1. The number of hydrogen-bond donors (Lipinski definition) is 3. The second-order valence-corrected chi connectivity index (χ2v) is 3.32. The van der Waals surface area contributed by atoms with Gasteiger partial charge in [0.05, 0.1) is 0 Å². The minimum atomic E-state index is -0.347. The second-order valence-electron chi connectivity index (χ2n) is 3.32. The molecule has 0 aromatic heterocycles. The van der Waals surface area contributed by atoms with Gasteiger partial charge in [0.1, 0.15) is 19.0 Å². The standard InChI is InChI=1S/C12H15N3O2/c1-2-7-17-11(16)8-15-10-5-3-9(4-6-10)12(13)14/h2-6,15H,1,7-8H2,(H3,13,14). The topological polar surface area (TPSA) is 88.2 Å². The van der Waals surface area contributed by atoms with Gasteiger partial charge in [-0.2, -0.15) is 0 Å². The smallest absolute Gasteiger partial charge is 0.325 e. The van der Waals surface area contributed by atoms with E-state index in [-0.39, 0.29) is 25.0 Å². The Bertz CT molecular complexity index is 412. The minimum Gasteiger partial charge on any atom is -0.460 e. The summed E-state index contributed by atoms with van der Waals surface area (Å²) in [5.74, 6) is -0.331. The highest BCUT2D eigenvalue weighted by molar-refractivity contribution is 5.95. The zero-order valence-corrected chi connectivity index (χ0v) is 9.40. The molecule has 0 bridgehead atoms. The van der Waals surface area contributed by atoms with Crippen molar-refractivity contribution in [3.05, 3.63) is 42.5 Å². The minimum absolute atomic E-state index is 0.0157. The van der Waals surface area contributed by atoms with Crippen LogP contribution in [-0.4, -0.2) is 25.0 Å². The lowest BCUT2D eigenvalue weighted by atomic mass is 10.2. The number of anilines is 1. The Morgan fingerprint density at radius 3 is 2.65 bits per heavy atom. The normalized spacial score (nSPS) is 9.41. The van der Waals surface area contributed by atoms with Crippen LogP contribution in [0.4, 0.5) is 5.69 Å². The molecule has 1 aromatic rings. The van der Waals surface area contributed by atoms with E-state index in [9.17, 15) is 4.79 Å². The van der Waals surface area contributed by atoms with Gasteiger partial charge < -0.3 is 15.8 Å². The monoisotopic (exact) mass is 233 g/mol. The van der Waals surface area contributed by atoms with Crippen LogP contribution in [-0.2, 0) is 9.53 Å². The summed E-state index contributed by atoms with van der Waals surface area (Å²) in [5, 5.41) is 10.1. The van der Waals surface area contributed by atoms with E-state index in [0.29, 0.717) is 5.56 Å². The molecule has 17 heavy (non-hydrogen) atoms. The van der Waals surface area contributed by atoms with Gasteiger partial charge in [-0.25, -0.2) is 0 Å². The molecule has 0 atom stereocenters. The van der Waals surface area contributed by atoms with Crippen LogP contribution in [0.1, 0.15) is 5.56 Å². The summed E-state index contributed by atoms with van der Waals surface area (Å²) in [6.45, 7) is 3.75. The van der Waals surface area contributed by atoms with Gasteiger partial charge in [0.15, 0.2) is 0 Å². The van der Waals surface area contributed by atoms with E-state index in [0.717, 1.165) is 5.69 Å². The highest BCUT2D eigenvalue weighted by Gasteiger charge is 2.01. The molecule has 1 aromatic carbocycles. The third kappa shape index (κ3) is 4.38. The number of carbonyl (C=O) groups excluding carboxylic acids is 1. The molecular formula is C12H15N3O2. The fraction of sp³-hybridized carbons (Fsp3) is 0.167. The lowest BCUT2D eigenvalue weighted by Gasteiger charge is -2.06. The van der Waals surface area contributed by atoms with E-state index in [1.807, 2.05) is 0 Å². The number of nitrogens with one attached hydrogen (secondary N) is 2. The lowest BCUT2D eigenvalue weighted by Crippen LogP contribution is -2.17. The summed E-state index contributed by atoms with van der Waals surface area (Å²) < 4.78 is 4.80. The van der Waals surface area contributed by atoms with Crippen LogP contribution in [0, 0.1) is 5.41 Å². The molecule has 0 radical (unpaired) electrons. The van der Waals surface area contributed by atoms with Gasteiger partial charge in [0, 0.05) is 11.3 Å². The van der Waals surface area contributed by atoms with Crippen molar-refractivity contribution in [1.29, 1.82) is 5.41 Å². The van der Waals surface area contributed by atoms with Crippen molar-refractivity contribution in [3.63, 3.8) is 0 Å². The molecule has 0 saturated heterocycles. The third-order valence-corrected chi connectivity index (χ3v) is 1.99. The number of hydrogen-bond acceptors (Lipinski definition) is 4. The Balaban J connectivity index is 2.44. The first-order chi connectivity index (χ1) is 8.13. The Labute approximate surface area is 99.8 Å². The number of nitrogen functional groups attached to an aromatic ring is 1. The number of esters is 1. The number of rotatable bonds is 6. The van der Waals surface area contributed by atoms with E-state index < -0.39 is 0 Å². The van der Waals surface area contributed by atoms with Crippen molar-refractivity contribution >= 4 is 17.5 Å². The second kappa shape index (κ2) is 6.32. The van der Waals surface area contributed by atoms with Crippen LogP contribution < -0.4 is 11.1 Å². The zero-order chi connectivity index (χ0) is 12.7. The molecule has 5 nitrogen and oxygen atoms in total. The van der Waals surface area contributed by atoms with E-state index in [4.69, 9.17) is 15.9 Å². The van der Waals surface area contributed by atoms with Gasteiger partial charge >= 0.3 is 5.97 Å². The van der Waals surface area contributed by atoms with Crippen LogP contribution in [0.15, 0.2) is 36.9 Å². The quantitative estimate of drug-likeness (QED) is 0.297. The summed E-state index contributed by atoms with van der Waals surface area (Å²) in [7, 11) is 0. The fourth-order valence-electron chi connectivity index (χ4n) is 1.14. The summed E-state index contributed by atoms with van der Waals surface area (Å²) in [4.78, 5) is 11.2. The van der Waals surface area contributed by atoms with Crippen molar-refractivity contribution in [2.24, 2.45) is 5.73 Å². The zero-order valence-electron chi connectivity index (χ0n) is 9.40. The Morgan fingerprint density at radius 2 is 2.12 bits per heavy atom. The van der Waals surface area contributed by atoms with Crippen LogP contribution >= 0.6 is 0 Å². The van der Waals surface area contributed by atoms with Crippen molar-refractivity contribution in [1.82, 2.24) is 0 Å². The Hall–Kier alpha value is -2.30. The van der Waals surface area contributed by atoms with Crippen molar-refractivity contribution in [2.75, 3.05) is 18.5 Å². The van der Waals surface area contributed by atoms with Crippen LogP contribution in [0.3, 0.4) is 0 Å². The Morgan fingerprint density at radius 1 is 1.47 bits per heavy atom. The van der Waals surface area contributed by atoms with Crippen molar-refractivity contribution in [2.45, 2.75) is 0 Å². The predicted molar refractivity (Wildman–Crippen MR) is 67.1 cm³/mol. The summed E-state index contributed by atoms with van der Waals surface area (Å²) in [6, 6.07) is 6.91. The number of nitrogens with two attached hydrogens (primary N) is 1. The molecule has 4 N–H and O–H groups in total. The molecule has 0 aliphatic carbocycles. The van der Waals surface area contributed by atoms with Crippen molar-refractivity contribution < 1.29 is 9.53 Å². The van der Waals surface area contributed by atoms with Gasteiger partial charge in [-0.05, 0) is 24.3 Å². The average molecular weight is 233 g/mol. The van der Waals surface area contributed by atoms with Gasteiger partial charge in [-0.15, -0.1) is 0 Å². The molecule has 5 heteroatoms. The largest absolute Gasteiger partial charge is 0.460 e. The van der Waals surface area contributed by atoms with Crippen LogP contribution in [0.5, 0.6) is 0 Å². The molecule has 0 aliphatic rings. The van der Waals surface area contributed by atoms with Crippen LogP contribution in [0.25, 0.3) is 0 Å². The maximum Gasteiger partial charge on any atom is 0.325 e. The molecule has 0 saturated carbocycles. The van der Waals surface area contributed by atoms with Crippen LogP contribution in [0.2, 0.25) is 0 Å². The lowest BCUT2D eigenvalue weighted by molar-refractivity contribution is -0.140. The van der Waals surface area contributed by atoms with E-state index in [1.54, 1.807) is 24.3 Å². The highest BCUT2D eigenvalue weighted by atomic mass is 16.5. The summed E-state index contributed by atoms with van der Waals surface area (Å²) in [5.41, 5.74) is 6.73. The first-order valence-electron chi connectivity index (χ1n) is 5.08. The van der Waals surface area contributed by atoms with Gasteiger partial charge in [0.2, 0.25) is 0 Å². The van der Waals surface area contributed by atoms with Crippen molar-refractivity contribution in [3.8, 4) is 0 Å². The Kier molecular flexibility index (Phi) is 4.75. The first kappa shape index (κ1) is 12.8. The van der Waals surface area contributed by atoms with E-state index in [1.165, 1.54) is 6.08 Å². The first-order valence-corrected chi connectivity index (χ1v) is 5.08. The predicted octanol–water partition coefficient (Wildman–Crippen LogP) is 1.11. The molecule has 1 rings (SSSR count). The van der Waals surface area contributed by atoms with Gasteiger partial charge in [0.25, 0.3) is 0 Å². The molecule has 0 amide bonds. The molecule has 0 unspecified atom stereocenters.